The van der Waals surface area contributed by atoms with Crippen LogP contribution < -0.4 is 10.1 Å². The highest BCUT2D eigenvalue weighted by Crippen LogP contribution is 2.33. The molecule has 142 valence electrons. The molecule has 0 spiro atoms. The summed E-state index contributed by atoms with van der Waals surface area (Å²) in [5.41, 5.74) is 2.46. The van der Waals surface area contributed by atoms with E-state index in [1.807, 2.05) is 26.0 Å². The molecule has 1 aliphatic heterocycles. The average molecular weight is 398 g/mol. The second-order valence-corrected chi connectivity index (χ2v) is 8.00. The van der Waals surface area contributed by atoms with Crippen molar-refractivity contribution in [1.82, 2.24) is 14.6 Å². The molecule has 0 bridgehead atoms. The summed E-state index contributed by atoms with van der Waals surface area (Å²) in [7, 11) is -2.04. The lowest BCUT2D eigenvalue weighted by Gasteiger charge is -2.35. The van der Waals surface area contributed by atoms with Crippen molar-refractivity contribution in [3.63, 3.8) is 0 Å². The number of halogens is 1. The van der Waals surface area contributed by atoms with Crippen molar-refractivity contribution in [2.45, 2.75) is 24.8 Å². The van der Waals surface area contributed by atoms with E-state index in [1.54, 1.807) is 35.9 Å². The molecule has 0 saturated carbocycles. The number of piperazine rings is 1. The predicted octanol–water partition coefficient (Wildman–Crippen LogP) is 2.46. The zero-order valence-corrected chi connectivity index (χ0v) is 16.7. The Morgan fingerprint density at radius 2 is 2.00 bits per heavy atom. The van der Waals surface area contributed by atoms with Gasteiger partial charge in [0.1, 0.15) is 5.75 Å². The first-order chi connectivity index (χ1) is 12.0. The molecule has 8 heteroatoms. The fourth-order valence-corrected chi connectivity index (χ4v) is 5.12. The van der Waals surface area contributed by atoms with Gasteiger partial charge in [-0.3, -0.25) is 4.98 Å². The van der Waals surface area contributed by atoms with Crippen molar-refractivity contribution in [2.75, 3.05) is 26.7 Å². The second kappa shape index (κ2) is 8.35. The molecule has 0 aliphatic carbocycles. The first kappa shape index (κ1) is 20.6. The van der Waals surface area contributed by atoms with Crippen molar-refractivity contribution in [1.29, 1.82) is 0 Å². The maximum absolute atomic E-state index is 13.4. The van der Waals surface area contributed by atoms with Gasteiger partial charge in [0.05, 0.1) is 18.0 Å². The summed E-state index contributed by atoms with van der Waals surface area (Å²) in [4.78, 5) is 4.47. The van der Waals surface area contributed by atoms with Crippen LogP contribution in [0.5, 0.6) is 5.75 Å². The van der Waals surface area contributed by atoms with E-state index in [2.05, 4.69) is 10.3 Å². The van der Waals surface area contributed by atoms with E-state index in [1.165, 1.54) is 0 Å². The molecule has 1 saturated heterocycles. The SMILES string of the molecule is COc1ccc(S(=O)(=O)N2CCNCC2c2cccnc2)c(C)c1C.Cl. The van der Waals surface area contributed by atoms with Gasteiger partial charge in [-0.2, -0.15) is 4.31 Å². The molecule has 2 heterocycles. The Kier molecular flexibility index (Phi) is 6.63. The summed E-state index contributed by atoms with van der Waals surface area (Å²) in [6.07, 6.45) is 3.42. The van der Waals surface area contributed by atoms with Crippen molar-refractivity contribution in [2.24, 2.45) is 0 Å². The van der Waals surface area contributed by atoms with E-state index in [0.29, 0.717) is 30.3 Å². The Balaban J connectivity index is 0.00000243. The summed E-state index contributed by atoms with van der Waals surface area (Å²) < 4.78 is 33.6. The average Bonchev–Trinajstić information content (AvgIpc) is 2.64. The number of pyridine rings is 1. The Hall–Kier alpha value is -1.67. The number of benzene rings is 1. The van der Waals surface area contributed by atoms with Gasteiger partial charge in [-0.25, -0.2) is 8.42 Å². The van der Waals surface area contributed by atoms with Crippen molar-refractivity contribution < 1.29 is 13.2 Å². The lowest BCUT2D eigenvalue weighted by Crippen LogP contribution is -2.48. The van der Waals surface area contributed by atoms with Crippen LogP contribution >= 0.6 is 12.4 Å². The van der Waals surface area contributed by atoms with Crippen LogP contribution in [0.3, 0.4) is 0 Å². The van der Waals surface area contributed by atoms with Crippen molar-refractivity contribution >= 4 is 22.4 Å². The number of nitrogens with one attached hydrogen (secondary N) is 1. The van der Waals surface area contributed by atoms with Crippen LogP contribution in [0.15, 0.2) is 41.6 Å². The van der Waals surface area contributed by atoms with Gasteiger partial charge in [0.2, 0.25) is 10.0 Å². The third kappa shape index (κ3) is 3.71. The molecule has 1 N–H and O–H groups in total. The minimum Gasteiger partial charge on any atom is -0.496 e. The molecular formula is C18H24ClN3O3S. The third-order valence-electron chi connectivity index (χ3n) is 4.76. The minimum atomic E-state index is -3.63. The molecule has 3 rings (SSSR count). The van der Waals surface area contributed by atoms with Gasteiger partial charge in [-0.05, 0) is 48.7 Å². The maximum atomic E-state index is 13.4. The summed E-state index contributed by atoms with van der Waals surface area (Å²) >= 11 is 0. The van der Waals surface area contributed by atoms with Crippen LogP contribution in [-0.2, 0) is 10.0 Å². The first-order valence-corrected chi connectivity index (χ1v) is 9.67. The van der Waals surface area contributed by atoms with Crippen LogP contribution in [0.4, 0.5) is 0 Å². The maximum Gasteiger partial charge on any atom is 0.243 e. The molecule has 1 aromatic heterocycles. The van der Waals surface area contributed by atoms with Crippen LogP contribution in [0.1, 0.15) is 22.7 Å². The molecule has 1 fully saturated rings. The number of aromatic nitrogens is 1. The highest BCUT2D eigenvalue weighted by molar-refractivity contribution is 7.89. The number of hydrogen-bond acceptors (Lipinski definition) is 5. The lowest BCUT2D eigenvalue weighted by molar-refractivity contribution is 0.271. The largest absolute Gasteiger partial charge is 0.496 e. The van der Waals surface area contributed by atoms with E-state index in [4.69, 9.17) is 4.74 Å². The van der Waals surface area contributed by atoms with Crippen molar-refractivity contribution in [3.8, 4) is 5.75 Å². The molecule has 2 aromatic rings. The van der Waals surface area contributed by atoms with E-state index >= 15 is 0 Å². The molecule has 1 aliphatic rings. The number of methoxy groups -OCH3 is 1. The number of hydrogen-bond donors (Lipinski definition) is 1. The molecule has 1 aromatic carbocycles. The van der Waals surface area contributed by atoms with Crippen LogP contribution in [0.25, 0.3) is 0 Å². The third-order valence-corrected chi connectivity index (χ3v) is 6.81. The monoisotopic (exact) mass is 397 g/mol. The molecular weight excluding hydrogens is 374 g/mol. The van der Waals surface area contributed by atoms with Crippen LogP contribution in [0.2, 0.25) is 0 Å². The van der Waals surface area contributed by atoms with E-state index in [0.717, 1.165) is 16.7 Å². The van der Waals surface area contributed by atoms with E-state index < -0.39 is 10.0 Å². The number of sulfonamides is 1. The van der Waals surface area contributed by atoms with Gasteiger partial charge in [0.15, 0.2) is 0 Å². The summed E-state index contributed by atoms with van der Waals surface area (Å²) in [5.74, 6) is 0.695. The topological polar surface area (TPSA) is 71.5 Å². The Morgan fingerprint density at radius 3 is 2.65 bits per heavy atom. The Bertz CT molecular complexity index is 859. The highest BCUT2D eigenvalue weighted by Gasteiger charge is 2.35. The smallest absolute Gasteiger partial charge is 0.243 e. The molecule has 0 amide bonds. The number of nitrogens with zero attached hydrogens (tertiary/aromatic N) is 2. The van der Waals surface area contributed by atoms with Gasteiger partial charge in [-0.15, -0.1) is 12.4 Å². The van der Waals surface area contributed by atoms with Gasteiger partial charge in [0.25, 0.3) is 0 Å². The van der Waals surface area contributed by atoms with Gasteiger partial charge < -0.3 is 10.1 Å². The van der Waals surface area contributed by atoms with E-state index in [9.17, 15) is 8.42 Å². The lowest BCUT2D eigenvalue weighted by atomic mass is 10.1. The first-order valence-electron chi connectivity index (χ1n) is 8.23. The zero-order valence-electron chi connectivity index (χ0n) is 15.1. The number of ether oxygens (including phenoxy) is 1. The fourth-order valence-electron chi connectivity index (χ4n) is 3.23. The molecule has 1 unspecified atom stereocenters. The van der Waals surface area contributed by atoms with Crippen LogP contribution in [0, 0.1) is 13.8 Å². The summed E-state index contributed by atoms with van der Waals surface area (Å²) in [5, 5.41) is 3.28. The minimum absolute atomic E-state index is 0. The zero-order chi connectivity index (χ0) is 18.0. The number of rotatable bonds is 4. The summed E-state index contributed by atoms with van der Waals surface area (Å²) in [6, 6.07) is 6.83. The summed E-state index contributed by atoms with van der Waals surface area (Å²) in [6.45, 7) is 5.32. The fraction of sp³-hybridized carbons (Fsp3) is 0.389. The normalized spacial score (nSPS) is 18.2. The Morgan fingerprint density at radius 1 is 1.23 bits per heavy atom. The molecule has 26 heavy (non-hydrogen) atoms. The molecule has 1 atom stereocenters. The van der Waals surface area contributed by atoms with Crippen molar-refractivity contribution in [3.05, 3.63) is 53.3 Å². The Labute approximate surface area is 161 Å². The standard InChI is InChI=1S/C18H23N3O3S.ClH/c1-13-14(2)18(7-6-17(13)24-3)25(22,23)21-10-9-20-12-16(21)15-5-4-8-19-11-15;/h4-8,11,16,20H,9-10,12H2,1-3H3;1H. The van der Waals surface area contributed by atoms with E-state index in [-0.39, 0.29) is 18.4 Å². The van der Waals surface area contributed by atoms with Gasteiger partial charge in [-0.1, -0.05) is 6.07 Å². The van der Waals surface area contributed by atoms with Gasteiger partial charge >= 0.3 is 0 Å². The second-order valence-electron chi connectivity index (χ2n) is 6.14. The van der Waals surface area contributed by atoms with Gasteiger partial charge in [0, 0.05) is 32.0 Å². The predicted molar refractivity (Wildman–Crippen MR) is 103 cm³/mol. The van der Waals surface area contributed by atoms with Crippen LogP contribution in [-0.4, -0.2) is 44.5 Å². The quantitative estimate of drug-likeness (QED) is 0.858. The molecule has 6 nitrogen and oxygen atoms in total. The highest BCUT2D eigenvalue weighted by atomic mass is 35.5. The molecule has 0 radical (unpaired) electrons.